The van der Waals surface area contributed by atoms with E-state index in [4.69, 9.17) is 0 Å². The summed E-state index contributed by atoms with van der Waals surface area (Å²) in [5.41, 5.74) is 4.50. The number of nitrogens with zero attached hydrogens (tertiary/aromatic N) is 7. The van der Waals surface area contributed by atoms with Gasteiger partial charge in [0.05, 0.1) is 11.4 Å². The van der Waals surface area contributed by atoms with E-state index in [2.05, 4.69) is 43.7 Å². The molecule has 5 aromatic rings. The average molecular weight is 905 g/mol. The molecule has 3 N–H and O–H groups in total. The first-order valence-electron chi connectivity index (χ1n) is 22.8. The number of hydrogen-bond donors (Lipinski definition) is 3. The molecule has 7 heterocycles. The standard InChI is InChI=1S/C49H55F3N10O4/c1-30(43-28-36-41(8-14-54-47(36)57(43)3)62-19-13-34(53-2)27-45(62)64)59-17-11-32(12-18-59)46-38(51)24-33(25-39(46)52)49(66)61-15-9-31(10-16-61)29-58-20-22-60(23-21-58)42-6-4-35(26-37(42)50)55-40-5-7-44(63)56-48(40)65/h4,6,8,11,13-14,19,24-28,30-31,40,53,55H,5,7,9-10,12,15-18,20-23,29H2,1-3H3,(H,56,63,65)/t30-,40-/m0/s1. The molecular weight excluding hydrogens is 850 g/mol. The number of anilines is 3. The van der Waals surface area contributed by atoms with Crippen LogP contribution in [0, 0.1) is 23.4 Å². The number of benzene rings is 2. The third-order valence-corrected chi connectivity index (χ3v) is 13.9. The van der Waals surface area contributed by atoms with E-state index < -0.39 is 23.6 Å². The number of fused-ring (bicyclic) bond motifs is 1. The van der Waals surface area contributed by atoms with Crippen molar-refractivity contribution < 1.29 is 27.6 Å². The second-order valence-corrected chi connectivity index (χ2v) is 17.9. The van der Waals surface area contributed by atoms with E-state index in [1.54, 1.807) is 47.1 Å². The number of pyridine rings is 2. The molecule has 17 heteroatoms. The lowest BCUT2D eigenvalue weighted by Gasteiger charge is -2.39. The number of piperidine rings is 2. The molecule has 4 aliphatic rings. The van der Waals surface area contributed by atoms with E-state index >= 15 is 13.2 Å². The Morgan fingerprint density at radius 1 is 0.848 bits per heavy atom. The second-order valence-electron chi connectivity index (χ2n) is 17.9. The minimum atomic E-state index is -0.745. The molecule has 0 unspecified atom stereocenters. The van der Waals surface area contributed by atoms with Crippen LogP contribution in [0.5, 0.6) is 0 Å². The summed E-state index contributed by atoms with van der Waals surface area (Å²) in [6.07, 6.45) is 7.87. The van der Waals surface area contributed by atoms with Crippen molar-refractivity contribution in [3.8, 4) is 5.69 Å². The highest BCUT2D eigenvalue weighted by molar-refractivity contribution is 6.01. The maximum atomic E-state index is 15.8. The van der Waals surface area contributed by atoms with Crippen LogP contribution in [0.1, 0.15) is 66.7 Å². The van der Waals surface area contributed by atoms with Crippen molar-refractivity contribution in [2.24, 2.45) is 13.0 Å². The quantitative estimate of drug-likeness (QED) is 0.137. The van der Waals surface area contributed by atoms with E-state index in [1.807, 2.05) is 34.7 Å². The predicted octanol–water partition coefficient (Wildman–Crippen LogP) is 5.93. The van der Waals surface area contributed by atoms with Crippen LogP contribution in [0.4, 0.5) is 30.2 Å². The molecule has 3 aromatic heterocycles. The van der Waals surface area contributed by atoms with Crippen molar-refractivity contribution in [2.75, 3.05) is 81.5 Å². The zero-order chi connectivity index (χ0) is 46.2. The molecular formula is C49H55F3N10O4. The number of imide groups is 1. The molecule has 2 atom stereocenters. The number of rotatable bonds is 11. The topological polar surface area (TPSA) is 140 Å². The summed E-state index contributed by atoms with van der Waals surface area (Å²) in [5.74, 6) is -2.60. The number of halogens is 3. The fourth-order valence-electron chi connectivity index (χ4n) is 10.0. The molecule has 9 rings (SSSR count). The molecule has 3 saturated heterocycles. The van der Waals surface area contributed by atoms with Gasteiger partial charge in [0.1, 0.15) is 29.1 Å². The lowest BCUT2D eigenvalue weighted by molar-refractivity contribution is -0.133. The van der Waals surface area contributed by atoms with Gasteiger partial charge >= 0.3 is 0 Å². The zero-order valence-electron chi connectivity index (χ0n) is 37.5. The molecule has 346 valence electrons. The van der Waals surface area contributed by atoms with Crippen LogP contribution in [0.3, 0.4) is 0 Å². The average Bonchev–Trinajstić information content (AvgIpc) is 3.66. The fourth-order valence-corrected chi connectivity index (χ4v) is 10.0. The molecule has 0 spiro atoms. The van der Waals surface area contributed by atoms with Crippen molar-refractivity contribution in [3.63, 3.8) is 0 Å². The van der Waals surface area contributed by atoms with Crippen LogP contribution in [-0.2, 0) is 16.6 Å². The van der Waals surface area contributed by atoms with E-state index in [0.29, 0.717) is 75.0 Å². The number of likely N-dealkylation sites (tertiary alicyclic amines) is 1. The largest absolute Gasteiger partial charge is 0.388 e. The van der Waals surface area contributed by atoms with E-state index in [9.17, 15) is 19.2 Å². The van der Waals surface area contributed by atoms with E-state index in [-0.39, 0.29) is 46.8 Å². The van der Waals surface area contributed by atoms with Crippen LogP contribution in [0.25, 0.3) is 22.3 Å². The summed E-state index contributed by atoms with van der Waals surface area (Å²) in [7, 11) is 3.72. The maximum Gasteiger partial charge on any atom is 0.257 e. The van der Waals surface area contributed by atoms with Crippen LogP contribution in [-0.4, -0.2) is 119 Å². The van der Waals surface area contributed by atoms with Gasteiger partial charge in [0.25, 0.3) is 11.5 Å². The highest BCUT2D eigenvalue weighted by atomic mass is 19.1. The van der Waals surface area contributed by atoms with Crippen molar-refractivity contribution in [1.29, 1.82) is 0 Å². The summed E-state index contributed by atoms with van der Waals surface area (Å²) < 4.78 is 50.5. The molecule has 3 amide bonds. The van der Waals surface area contributed by atoms with Crippen molar-refractivity contribution in [1.82, 2.24) is 34.1 Å². The molecule has 2 aromatic carbocycles. The highest BCUT2D eigenvalue weighted by Gasteiger charge is 2.31. The van der Waals surface area contributed by atoms with Crippen LogP contribution in [0.15, 0.2) is 77.9 Å². The summed E-state index contributed by atoms with van der Waals surface area (Å²) in [4.78, 5) is 63.1. The Kier molecular flexibility index (Phi) is 12.7. The van der Waals surface area contributed by atoms with Crippen molar-refractivity contribution in [3.05, 3.63) is 118 Å². The summed E-state index contributed by atoms with van der Waals surface area (Å²) in [6.45, 7) is 7.77. The first-order valence-corrected chi connectivity index (χ1v) is 22.8. The fraction of sp³-hybridized carbons (Fsp3) is 0.408. The highest BCUT2D eigenvalue weighted by Crippen LogP contribution is 2.35. The number of hydrogen-bond acceptors (Lipinski definition) is 10. The minimum Gasteiger partial charge on any atom is -0.388 e. The third-order valence-electron chi connectivity index (χ3n) is 13.9. The van der Waals surface area contributed by atoms with Gasteiger partial charge in [-0.25, -0.2) is 18.2 Å². The Morgan fingerprint density at radius 2 is 1.61 bits per heavy atom. The van der Waals surface area contributed by atoms with Gasteiger partial charge < -0.3 is 25.0 Å². The first-order chi connectivity index (χ1) is 31.8. The molecule has 0 aliphatic carbocycles. The van der Waals surface area contributed by atoms with Gasteiger partial charge in [-0.05, 0) is 92.6 Å². The molecule has 66 heavy (non-hydrogen) atoms. The number of amides is 3. The lowest BCUT2D eigenvalue weighted by atomic mass is 9.94. The van der Waals surface area contributed by atoms with Gasteiger partial charge in [0, 0.05) is 138 Å². The van der Waals surface area contributed by atoms with Gasteiger partial charge in [-0.15, -0.1) is 0 Å². The maximum absolute atomic E-state index is 15.8. The summed E-state index contributed by atoms with van der Waals surface area (Å²) in [6, 6.07) is 13.8. The van der Waals surface area contributed by atoms with Gasteiger partial charge in [0.15, 0.2) is 0 Å². The van der Waals surface area contributed by atoms with Gasteiger partial charge in [-0.3, -0.25) is 38.9 Å². The number of aryl methyl sites for hydroxylation is 1. The molecule has 14 nitrogen and oxygen atoms in total. The monoisotopic (exact) mass is 904 g/mol. The van der Waals surface area contributed by atoms with E-state index in [0.717, 1.165) is 60.6 Å². The summed E-state index contributed by atoms with van der Waals surface area (Å²) >= 11 is 0. The number of aromatic nitrogens is 3. The smallest absolute Gasteiger partial charge is 0.257 e. The second kappa shape index (κ2) is 18.8. The zero-order valence-corrected chi connectivity index (χ0v) is 37.5. The normalized spacial score (nSPS) is 19.5. The van der Waals surface area contributed by atoms with Crippen LogP contribution >= 0.6 is 0 Å². The van der Waals surface area contributed by atoms with Crippen LogP contribution in [0.2, 0.25) is 0 Å². The molecule has 4 aliphatic heterocycles. The number of carbonyl (C=O) groups excluding carboxylic acids is 3. The number of piperazine rings is 1. The molecule has 0 bridgehead atoms. The van der Waals surface area contributed by atoms with Gasteiger partial charge in [-0.2, -0.15) is 0 Å². The van der Waals surface area contributed by atoms with Gasteiger partial charge in [0.2, 0.25) is 11.8 Å². The Bertz CT molecular complexity index is 2750. The Labute approximate surface area is 381 Å². The SMILES string of the molecule is CNc1ccn(-c2ccnc3c2cc([C@H](C)N2CC=C(c4c(F)cc(C(=O)N5CCC(CN6CCN(c7ccc(N[C@H]8CCC(=O)NC8=O)cc7F)CC6)CC5)cc4F)CC2)n3C)c(=O)c1. The molecule has 3 fully saturated rings. The Morgan fingerprint density at radius 3 is 2.27 bits per heavy atom. The molecule has 0 radical (unpaired) electrons. The lowest BCUT2D eigenvalue weighted by Crippen LogP contribution is -2.49. The number of carbonyl (C=O) groups is 3. The van der Waals surface area contributed by atoms with E-state index in [1.165, 1.54) is 18.2 Å². The minimum absolute atomic E-state index is 0.00554. The van der Waals surface area contributed by atoms with Crippen molar-refractivity contribution >= 4 is 51.4 Å². The Hall–Kier alpha value is -6.46. The van der Waals surface area contributed by atoms with Gasteiger partial charge in [-0.1, -0.05) is 6.08 Å². The number of nitrogens with one attached hydrogen (secondary N) is 3. The van der Waals surface area contributed by atoms with Crippen molar-refractivity contribution in [2.45, 2.75) is 51.1 Å². The first kappa shape index (κ1) is 44.7. The molecule has 0 saturated carbocycles. The predicted molar refractivity (Wildman–Crippen MR) is 248 cm³/mol. The summed E-state index contributed by atoms with van der Waals surface area (Å²) in [5, 5.41) is 9.17. The third kappa shape index (κ3) is 9.05. The Balaban J connectivity index is 0.764. The van der Waals surface area contributed by atoms with Crippen LogP contribution < -0.4 is 26.4 Å².